The van der Waals surface area contributed by atoms with Crippen LogP contribution in [0.25, 0.3) is 11.6 Å². The summed E-state index contributed by atoms with van der Waals surface area (Å²) in [4.78, 5) is 15.3. The molecule has 0 saturated heterocycles. The zero-order valence-electron chi connectivity index (χ0n) is 17.9. The van der Waals surface area contributed by atoms with Crippen molar-refractivity contribution in [1.82, 2.24) is 4.98 Å². The van der Waals surface area contributed by atoms with Crippen molar-refractivity contribution < 1.29 is 19.1 Å². The van der Waals surface area contributed by atoms with Gasteiger partial charge in [-0.3, -0.25) is 10.1 Å². The number of nitrogens with one attached hydrogen (secondary N) is 1. The Morgan fingerprint density at radius 2 is 1.82 bits per heavy atom. The monoisotopic (exact) mass is 487 g/mol. The van der Waals surface area contributed by atoms with E-state index in [1.807, 2.05) is 6.08 Å². The number of hydrogen-bond donors (Lipinski definition) is 1. The molecule has 3 aromatic rings. The van der Waals surface area contributed by atoms with Gasteiger partial charge in [0.1, 0.15) is 35.4 Å². The van der Waals surface area contributed by atoms with Crippen LogP contribution in [-0.4, -0.2) is 30.7 Å². The van der Waals surface area contributed by atoms with Crippen molar-refractivity contribution in [3.8, 4) is 17.2 Å². The Hall–Kier alpha value is -3.49. The van der Waals surface area contributed by atoms with Crippen molar-refractivity contribution in [3.63, 3.8) is 0 Å². The van der Waals surface area contributed by atoms with E-state index in [-0.39, 0.29) is 12.3 Å². The lowest BCUT2D eigenvalue weighted by atomic mass is 10.0. The molecule has 0 bridgehead atoms. The quantitative estimate of drug-likeness (QED) is 0.321. The van der Waals surface area contributed by atoms with E-state index in [0.29, 0.717) is 49.9 Å². The van der Waals surface area contributed by atoms with Crippen LogP contribution in [0.1, 0.15) is 16.7 Å². The second kappa shape index (κ2) is 9.17. The number of fused-ring (bicyclic) bond motifs is 1. The molecule has 2 heterocycles. The molecule has 1 aliphatic rings. The summed E-state index contributed by atoms with van der Waals surface area (Å²) in [6.07, 6.45) is 3.48. The predicted molar refractivity (Wildman–Crippen MR) is 128 cm³/mol. The molecule has 0 spiro atoms. The number of pyridine rings is 1. The van der Waals surface area contributed by atoms with Crippen LogP contribution in [0, 0.1) is 17.0 Å². The minimum absolute atomic E-state index is 0.0334. The van der Waals surface area contributed by atoms with E-state index < -0.39 is 4.92 Å². The lowest BCUT2D eigenvalue weighted by molar-refractivity contribution is -0.384. The van der Waals surface area contributed by atoms with E-state index in [0.717, 1.165) is 11.1 Å². The summed E-state index contributed by atoms with van der Waals surface area (Å²) in [5, 5.41) is 15.1. The van der Waals surface area contributed by atoms with Crippen LogP contribution >= 0.6 is 23.2 Å². The number of nitro groups is 1. The van der Waals surface area contributed by atoms with Gasteiger partial charge in [0.2, 0.25) is 0 Å². The number of benzene rings is 2. The van der Waals surface area contributed by atoms with Gasteiger partial charge < -0.3 is 19.5 Å². The number of ether oxygens (including phenoxy) is 3. The second-order valence-electron chi connectivity index (χ2n) is 7.25. The molecule has 4 rings (SSSR count). The highest BCUT2D eigenvalue weighted by Crippen LogP contribution is 2.45. The number of aromatic nitrogens is 1. The molecule has 0 saturated carbocycles. The summed E-state index contributed by atoms with van der Waals surface area (Å²) in [5.74, 6) is 1.83. The Bertz CT molecular complexity index is 1270. The fraction of sp³-hybridized carbons (Fsp3) is 0.174. The van der Waals surface area contributed by atoms with Crippen LogP contribution in [0.4, 0.5) is 17.2 Å². The lowest BCUT2D eigenvalue weighted by Gasteiger charge is -2.22. The largest absolute Gasteiger partial charge is 0.495 e. The maximum Gasteiger partial charge on any atom is 0.292 e. The van der Waals surface area contributed by atoms with Crippen molar-refractivity contribution in [3.05, 3.63) is 73.4 Å². The SMILES string of the molecule is COc1cc(OC)c(Cl)c(C2=Cc3cnc(Nc4ccc(C)cc4[N+](=O)[O-])cc3OC2)c1Cl. The molecule has 0 radical (unpaired) electrons. The van der Waals surface area contributed by atoms with Crippen LogP contribution < -0.4 is 19.5 Å². The molecular formula is C23H19Cl2N3O5. The smallest absolute Gasteiger partial charge is 0.292 e. The molecular weight excluding hydrogens is 469 g/mol. The van der Waals surface area contributed by atoms with Gasteiger partial charge in [-0.1, -0.05) is 29.3 Å². The maximum atomic E-state index is 11.4. The standard InChI is InChI=1S/C23H19Cl2N3O5/c1-12-4-5-15(16(6-12)28(29)30)27-20-9-17-13(10-26-20)7-14(11-33-17)21-22(24)18(31-2)8-19(32-3)23(21)25/h4-10H,11H2,1-3H3,(H,26,27). The highest BCUT2D eigenvalue weighted by Gasteiger charge is 2.24. The molecule has 1 aromatic heterocycles. The Balaban J connectivity index is 1.69. The fourth-order valence-corrected chi connectivity index (χ4v) is 4.23. The average Bonchev–Trinajstić information content (AvgIpc) is 2.80. The Kier molecular flexibility index (Phi) is 6.31. The van der Waals surface area contributed by atoms with E-state index in [1.54, 1.807) is 37.4 Å². The molecule has 0 atom stereocenters. The number of anilines is 2. The van der Waals surface area contributed by atoms with Gasteiger partial charge in [0.25, 0.3) is 5.69 Å². The molecule has 33 heavy (non-hydrogen) atoms. The summed E-state index contributed by atoms with van der Waals surface area (Å²) in [6, 6.07) is 8.24. The number of methoxy groups -OCH3 is 2. The average molecular weight is 488 g/mol. The molecule has 0 unspecified atom stereocenters. The Morgan fingerprint density at radius 1 is 1.12 bits per heavy atom. The van der Waals surface area contributed by atoms with E-state index in [1.165, 1.54) is 20.3 Å². The van der Waals surface area contributed by atoms with Crippen LogP contribution in [0.2, 0.25) is 10.0 Å². The van der Waals surface area contributed by atoms with Crippen molar-refractivity contribution in [2.24, 2.45) is 0 Å². The fourth-order valence-electron chi connectivity index (χ4n) is 3.48. The van der Waals surface area contributed by atoms with Crippen LogP contribution in [0.5, 0.6) is 17.2 Å². The van der Waals surface area contributed by atoms with Gasteiger partial charge in [0.15, 0.2) is 0 Å². The molecule has 0 fully saturated rings. The third-order valence-electron chi connectivity index (χ3n) is 5.12. The summed E-state index contributed by atoms with van der Waals surface area (Å²) in [5.41, 5.74) is 3.08. The Labute approximate surface area is 199 Å². The van der Waals surface area contributed by atoms with Gasteiger partial charge in [-0.2, -0.15) is 0 Å². The van der Waals surface area contributed by atoms with E-state index >= 15 is 0 Å². The normalized spacial score (nSPS) is 12.3. The van der Waals surface area contributed by atoms with Crippen LogP contribution in [0.15, 0.2) is 36.5 Å². The van der Waals surface area contributed by atoms with Crippen molar-refractivity contribution >= 4 is 52.0 Å². The third-order valence-corrected chi connectivity index (χ3v) is 5.87. The van der Waals surface area contributed by atoms with Crippen LogP contribution in [0.3, 0.4) is 0 Å². The predicted octanol–water partition coefficient (Wildman–Crippen LogP) is 6.30. The first-order valence-corrected chi connectivity index (χ1v) is 10.5. The van der Waals surface area contributed by atoms with Crippen molar-refractivity contribution in [2.75, 3.05) is 26.1 Å². The first kappa shape index (κ1) is 22.7. The molecule has 170 valence electrons. The van der Waals surface area contributed by atoms with Crippen molar-refractivity contribution in [1.29, 1.82) is 0 Å². The van der Waals surface area contributed by atoms with Gasteiger partial charge in [-0.15, -0.1) is 0 Å². The van der Waals surface area contributed by atoms with Gasteiger partial charge in [0, 0.05) is 41.1 Å². The number of nitro benzene ring substituents is 1. The highest BCUT2D eigenvalue weighted by atomic mass is 35.5. The molecule has 8 nitrogen and oxygen atoms in total. The van der Waals surface area contributed by atoms with Crippen LogP contribution in [-0.2, 0) is 0 Å². The van der Waals surface area contributed by atoms with E-state index in [9.17, 15) is 10.1 Å². The summed E-state index contributed by atoms with van der Waals surface area (Å²) in [6.45, 7) is 1.99. The van der Waals surface area contributed by atoms with E-state index in [4.69, 9.17) is 37.4 Å². The molecule has 1 aliphatic heterocycles. The lowest BCUT2D eigenvalue weighted by Crippen LogP contribution is -2.09. The first-order valence-electron chi connectivity index (χ1n) is 9.78. The molecule has 1 N–H and O–H groups in total. The third kappa shape index (κ3) is 4.40. The summed E-state index contributed by atoms with van der Waals surface area (Å²) < 4.78 is 16.6. The zero-order chi connectivity index (χ0) is 23.7. The second-order valence-corrected chi connectivity index (χ2v) is 8.01. The number of nitrogens with zero attached hydrogens (tertiary/aromatic N) is 2. The highest BCUT2D eigenvalue weighted by molar-refractivity contribution is 6.39. The van der Waals surface area contributed by atoms with Gasteiger partial charge in [-0.05, 0) is 24.6 Å². The number of rotatable bonds is 6. The van der Waals surface area contributed by atoms with Gasteiger partial charge >= 0.3 is 0 Å². The topological polar surface area (TPSA) is 95.8 Å². The summed E-state index contributed by atoms with van der Waals surface area (Å²) >= 11 is 13.1. The molecule has 10 heteroatoms. The Morgan fingerprint density at radius 3 is 2.45 bits per heavy atom. The zero-order valence-corrected chi connectivity index (χ0v) is 19.5. The number of aryl methyl sites for hydroxylation is 1. The van der Waals surface area contributed by atoms with E-state index in [2.05, 4.69) is 10.3 Å². The minimum Gasteiger partial charge on any atom is -0.495 e. The number of halogens is 2. The number of hydrogen-bond acceptors (Lipinski definition) is 7. The molecule has 0 aliphatic carbocycles. The molecule has 2 aromatic carbocycles. The summed E-state index contributed by atoms with van der Waals surface area (Å²) in [7, 11) is 3.02. The van der Waals surface area contributed by atoms with Gasteiger partial charge in [-0.25, -0.2) is 4.98 Å². The maximum absolute atomic E-state index is 11.4. The van der Waals surface area contributed by atoms with Crippen molar-refractivity contribution in [2.45, 2.75) is 6.92 Å². The minimum atomic E-state index is -0.435. The first-order chi connectivity index (χ1) is 15.8. The van der Waals surface area contributed by atoms with Gasteiger partial charge in [0.05, 0.1) is 29.2 Å². The molecule has 0 amide bonds.